The summed E-state index contributed by atoms with van der Waals surface area (Å²) in [4.78, 5) is 16.9. The minimum Gasteiger partial charge on any atom is -0.467 e. The average Bonchev–Trinajstić information content (AvgIpc) is 3.15. The lowest BCUT2D eigenvalue weighted by Gasteiger charge is -2.32. The van der Waals surface area contributed by atoms with Crippen molar-refractivity contribution in [3.8, 4) is 0 Å². The number of rotatable bonds is 9. The second kappa shape index (κ2) is 10.9. The van der Waals surface area contributed by atoms with Gasteiger partial charge in [-0.25, -0.2) is 4.79 Å². The third-order valence-electron chi connectivity index (χ3n) is 4.34. The van der Waals surface area contributed by atoms with E-state index in [1.807, 2.05) is 41.5 Å². The van der Waals surface area contributed by atoms with E-state index < -0.39 is 23.3 Å². The highest BCUT2D eigenvalue weighted by Gasteiger charge is 2.30. The number of aliphatic imine (C=N–C) groups is 1. The molecular weight excluding hydrogens is 360 g/mol. The molecule has 1 heterocycles. The lowest BCUT2D eigenvalue weighted by atomic mass is 9.93. The Hall–Kier alpha value is -2.22. The highest BCUT2D eigenvalue weighted by molar-refractivity contribution is 5.80. The zero-order valence-electron chi connectivity index (χ0n) is 18.0. The van der Waals surface area contributed by atoms with E-state index in [9.17, 15) is 9.90 Å². The van der Waals surface area contributed by atoms with Crippen molar-refractivity contribution in [3.05, 3.63) is 24.2 Å². The number of ether oxygens (including phenoxy) is 1. The topological polar surface area (TPSA) is 108 Å². The van der Waals surface area contributed by atoms with E-state index in [4.69, 9.17) is 9.15 Å². The van der Waals surface area contributed by atoms with Crippen LogP contribution in [0.5, 0.6) is 0 Å². The van der Waals surface area contributed by atoms with Crippen molar-refractivity contribution in [1.29, 1.82) is 0 Å². The standard InChI is InChI=1S/C20H36N4O4/c1-7-20(8-2,24-18(26)28-19(4,5)6)14-23-17(21-9-3)22-13-15(25)16-11-10-12-27-16/h10-12,15,25H,7-9,13-14H2,1-6H3,(H,24,26)(H2,21,22,23). The van der Waals surface area contributed by atoms with E-state index in [-0.39, 0.29) is 6.54 Å². The number of hydrogen-bond acceptors (Lipinski definition) is 5. The second-order valence-corrected chi connectivity index (χ2v) is 7.72. The van der Waals surface area contributed by atoms with Crippen molar-refractivity contribution >= 4 is 12.1 Å². The summed E-state index contributed by atoms with van der Waals surface area (Å²) in [6, 6.07) is 3.46. The predicted octanol–water partition coefficient (Wildman–Crippen LogP) is 2.95. The normalized spacial score (nSPS) is 13.8. The van der Waals surface area contributed by atoms with Crippen molar-refractivity contribution in [1.82, 2.24) is 16.0 Å². The Kier molecular flexibility index (Phi) is 9.31. The number of alkyl carbamates (subject to hydrolysis) is 1. The number of amides is 1. The van der Waals surface area contributed by atoms with Crippen LogP contribution in [0.25, 0.3) is 0 Å². The first kappa shape index (κ1) is 23.8. The molecule has 1 aromatic rings. The Morgan fingerprint density at radius 1 is 1.25 bits per heavy atom. The average molecular weight is 397 g/mol. The van der Waals surface area contributed by atoms with Gasteiger partial charge in [-0.05, 0) is 52.7 Å². The summed E-state index contributed by atoms with van der Waals surface area (Å²) in [5, 5.41) is 19.4. The lowest BCUT2D eigenvalue weighted by molar-refractivity contribution is 0.0452. The zero-order chi connectivity index (χ0) is 21.2. The van der Waals surface area contributed by atoms with Crippen molar-refractivity contribution in [2.75, 3.05) is 19.6 Å². The Morgan fingerprint density at radius 2 is 1.93 bits per heavy atom. The van der Waals surface area contributed by atoms with Gasteiger partial charge in [0, 0.05) is 6.54 Å². The summed E-state index contributed by atoms with van der Waals surface area (Å²) in [5.74, 6) is 1.05. The highest BCUT2D eigenvalue weighted by Crippen LogP contribution is 2.18. The first-order chi connectivity index (χ1) is 13.1. The number of aliphatic hydroxyl groups is 1. The number of guanidine groups is 1. The molecule has 0 aliphatic carbocycles. The summed E-state index contributed by atoms with van der Waals surface area (Å²) in [6.45, 7) is 12.8. The number of hydrogen-bond donors (Lipinski definition) is 4. The maximum atomic E-state index is 12.3. The number of nitrogens with one attached hydrogen (secondary N) is 3. The fraction of sp³-hybridized carbons (Fsp3) is 0.700. The van der Waals surface area contributed by atoms with Crippen LogP contribution in [-0.2, 0) is 4.74 Å². The summed E-state index contributed by atoms with van der Waals surface area (Å²) >= 11 is 0. The van der Waals surface area contributed by atoms with Gasteiger partial charge in [-0.2, -0.15) is 0 Å². The first-order valence-corrected chi connectivity index (χ1v) is 9.89. The Morgan fingerprint density at radius 3 is 2.43 bits per heavy atom. The summed E-state index contributed by atoms with van der Waals surface area (Å²) < 4.78 is 10.6. The molecule has 1 amide bonds. The van der Waals surface area contributed by atoms with Crippen LogP contribution < -0.4 is 16.0 Å². The summed E-state index contributed by atoms with van der Waals surface area (Å²) in [7, 11) is 0. The van der Waals surface area contributed by atoms with Crippen molar-refractivity contribution in [2.45, 2.75) is 71.6 Å². The van der Waals surface area contributed by atoms with Gasteiger partial charge >= 0.3 is 6.09 Å². The van der Waals surface area contributed by atoms with Gasteiger partial charge in [0.1, 0.15) is 17.5 Å². The van der Waals surface area contributed by atoms with Crippen LogP contribution in [0.2, 0.25) is 0 Å². The smallest absolute Gasteiger partial charge is 0.408 e. The SMILES string of the molecule is CCNC(=NCC(CC)(CC)NC(=O)OC(C)(C)C)NCC(O)c1ccco1. The number of carbonyl (C=O) groups excluding carboxylic acids is 1. The van der Waals surface area contributed by atoms with Crippen LogP contribution in [0.1, 0.15) is 66.2 Å². The van der Waals surface area contributed by atoms with Gasteiger partial charge in [-0.1, -0.05) is 13.8 Å². The molecule has 0 saturated carbocycles. The first-order valence-electron chi connectivity index (χ1n) is 9.89. The molecule has 0 spiro atoms. The van der Waals surface area contributed by atoms with Crippen molar-refractivity contribution < 1.29 is 19.1 Å². The Labute approximate surface area is 168 Å². The van der Waals surface area contributed by atoms with E-state index in [1.165, 1.54) is 6.26 Å². The van der Waals surface area contributed by atoms with Crippen LogP contribution in [0, 0.1) is 0 Å². The quantitative estimate of drug-likeness (QED) is 0.378. The molecule has 0 aliphatic rings. The number of nitrogens with zero attached hydrogens (tertiary/aromatic N) is 1. The van der Waals surface area contributed by atoms with Gasteiger partial charge in [-0.3, -0.25) is 4.99 Å². The number of furan rings is 1. The van der Waals surface area contributed by atoms with E-state index in [0.29, 0.717) is 37.7 Å². The third-order valence-corrected chi connectivity index (χ3v) is 4.34. The van der Waals surface area contributed by atoms with Gasteiger partial charge < -0.3 is 30.2 Å². The van der Waals surface area contributed by atoms with Crippen LogP contribution >= 0.6 is 0 Å². The van der Waals surface area contributed by atoms with Crippen LogP contribution in [-0.4, -0.2) is 47.9 Å². The summed E-state index contributed by atoms with van der Waals surface area (Å²) in [5.41, 5.74) is -1.07. The maximum Gasteiger partial charge on any atom is 0.408 e. The van der Waals surface area contributed by atoms with Gasteiger partial charge in [-0.15, -0.1) is 0 Å². The fourth-order valence-electron chi connectivity index (χ4n) is 2.56. The molecule has 0 bridgehead atoms. The van der Waals surface area contributed by atoms with Crippen molar-refractivity contribution in [3.63, 3.8) is 0 Å². The molecule has 1 unspecified atom stereocenters. The fourth-order valence-corrected chi connectivity index (χ4v) is 2.56. The number of carbonyl (C=O) groups is 1. The van der Waals surface area contributed by atoms with E-state index >= 15 is 0 Å². The van der Waals surface area contributed by atoms with E-state index in [1.54, 1.807) is 12.1 Å². The molecule has 1 rings (SSSR count). The van der Waals surface area contributed by atoms with Gasteiger partial charge in [0.15, 0.2) is 5.96 Å². The number of aliphatic hydroxyl groups excluding tert-OH is 1. The van der Waals surface area contributed by atoms with Crippen LogP contribution in [0.4, 0.5) is 4.79 Å². The monoisotopic (exact) mass is 396 g/mol. The molecular formula is C20H36N4O4. The molecule has 0 aliphatic heterocycles. The molecule has 8 heteroatoms. The van der Waals surface area contributed by atoms with Gasteiger partial charge in [0.2, 0.25) is 0 Å². The minimum atomic E-state index is -0.777. The minimum absolute atomic E-state index is 0.254. The molecule has 0 saturated heterocycles. The third kappa shape index (κ3) is 8.21. The van der Waals surface area contributed by atoms with E-state index in [2.05, 4.69) is 20.9 Å². The van der Waals surface area contributed by atoms with Crippen LogP contribution in [0.3, 0.4) is 0 Å². The zero-order valence-corrected chi connectivity index (χ0v) is 18.0. The molecule has 1 atom stereocenters. The summed E-state index contributed by atoms with van der Waals surface area (Å²) in [6.07, 6.45) is 1.72. The highest BCUT2D eigenvalue weighted by atomic mass is 16.6. The molecule has 160 valence electrons. The molecule has 8 nitrogen and oxygen atoms in total. The molecule has 28 heavy (non-hydrogen) atoms. The predicted molar refractivity (Wildman–Crippen MR) is 110 cm³/mol. The largest absolute Gasteiger partial charge is 0.467 e. The molecule has 0 fully saturated rings. The molecule has 0 radical (unpaired) electrons. The molecule has 0 aromatic carbocycles. The Bertz CT molecular complexity index is 604. The van der Waals surface area contributed by atoms with Crippen molar-refractivity contribution in [2.24, 2.45) is 4.99 Å². The second-order valence-electron chi connectivity index (χ2n) is 7.72. The van der Waals surface area contributed by atoms with Gasteiger partial charge in [0.25, 0.3) is 0 Å². The van der Waals surface area contributed by atoms with Gasteiger partial charge in [0.05, 0.1) is 24.9 Å². The van der Waals surface area contributed by atoms with Crippen LogP contribution in [0.15, 0.2) is 27.8 Å². The Balaban J connectivity index is 2.77. The van der Waals surface area contributed by atoms with E-state index in [0.717, 1.165) is 0 Å². The lowest BCUT2D eigenvalue weighted by Crippen LogP contribution is -2.52. The maximum absolute atomic E-state index is 12.3. The molecule has 4 N–H and O–H groups in total. The molecule has 1 aromatic heterocycles.